The molecule has 2 heterocycles. The summed E-state index contributed by atoms with van der Waals surface area (Å²) in [5, 5.41) is 13.4. The first-order valence-corrected chi connectivity index (χ1v) is 13.4. The summed E-state index contributed by atoms with van der Waals surface area (Å²) in [4.78, 5) is 43.5. The van der Waals surface area contributed by atoms with E-state index in [0.717, 1.165) is 10.9 Å². The Kier molecular flexibility index (Phi) is 8.06. The minimum absolute atomic E-state index is 0.0153. The zero-order valence-corrected chi connectivity index (χ0v) is 23.1. The summed E-state index contributed by atoms with van der Waals surface area (Å²) in [6, 6.07) is -1.15. The Morgan fingerprint density at radius 1 is 1.15 bits per heavy atom. The van der Waals surface area contributed by atoms with Gasteiger partial charge in [-0.05, 0) is 50.9 Å². The molecule has 1 N–H and O–H groups in total. The van der Waals surface area contributed by atoms with Gasteiger partial charge in [0.25, 0.3) is 5.91 Å². The Hall–Kier alpha value is -2.66. The van der Waals surface area contributed by atoms with Gasteiger partial charge in [0.05, 0.1) is 45.4 Å². The number of ketones is 1. The van der Waals surface area contributed by atoms with E-state index >= 15 is 0 Å². The molecule has 0 saturated heterocycles. The van der Waals surface area contributed by atoms with Crippen LogP contribution in [0.3, 0.4) is 0 Å². The minimum atomic E-state index is -4.91. The van der Waals surface area contributed by atoms with Gasteiger partial charge in [-0.25, -0.2) is 0 Å². The van der Waals surface area contributed by atoms with Crippen LogP contribution in [-0.4, -0.2) is 55.0 Å². The predicted molar refractivity (Wildman–Crippen MR) is 137 cm³/mol. The van der Waals surface area contributed by atoms with Crippen molar-refractivity contribution in [3.63, 3.8) is 0 Å². The third-order valence-electron chi connectivity index (χ3n) is 7.98. The predicted octanol–water partition coefficient (Wildman–Crippen LogP) is 6.18. The SMILES string of the molecule is CC(C)[C@@H]1C[C@@H]1N(CC(=O)c1c(Cl)cncc1Cl)C(=O)c1cnn([C@H]2CC[C@](C)(C(=O)O)CC2)c1C(F)(F)F. The van der Waals surface area contributed by atoms with Crippen LogP contribution in [0.15, 0.2) is 18.6 Å². The van der Waals surface area contributed by atoms with E-state index < -0.39 is 59.1 Å². The molecule has 0 unspecified atom stereocenters. The first kappa shape index (κ1) is 29.3. The van der Waals surface area contributed by atoms with E-state index in [2.05, 4.69) is 10.1 Å². The highest BCUT2D eigenvalue weighted by Crippen LogP contribution is 2.45. The molecule has 13 heteroatoms. The molecule has 1 amide bonds. The van der Waals surface area contributed by atoms with Gasteiger partial charge >= 0.3 is 12.1 Å². The second-order valence-corrected chi connectivity index (χ2v) is 11.8. The molecule has 0 spiro atoms. The van der Waals surface area contributed by atoms with E-state index in [4.69, 9.17) is 23.2 Å². The molecular weight excluding hydrogens is 560 g/mol. The van der Waals surface area contributed by atoms with Crippen LogP contribution in [0, 0.1) is 17.3 Å². The zero-order chi connectivity index (χ0) is 28.9. The summed E-state index contributed by atoms with van der Waals surface area (Å²) < 4.78 is 44.1. The summed E-state index contributed by atoms with van der Waals surface area (Å²) in [6.07, 6.45) is -0.324. The molecule has 2 aliphatic rings. The van der Waals surface area contributed by atoms with Crippen LogP contribution in [0.5, 0.6) is 0 Å². The number of carbonyl (C=O) groups is 3. The third-order valence-corrected chi connectivity index (χ3v) is 8.56. The number of alkyl halides is 3. The van der Waals surface area contributed by atoms with Gasteiger partial charge in [0, 0.05) is 18.4 Å². The maximum atomic E-state index is 14.4. The van der Waals surface area contributed by atoms with Crippen molar-refractivity contribution in [1.82, 2.24) is 19.7 Å². The Morgan fingerprint density at radius 2 is 1.74 bits per heavy atom. The minimum Gasteiger partial charge on any atom is -0.481 e. The molecule has 2 fully saturated rings. The van der Waals surface area contributed by atoms with Gasteiger partial charge in [-0.3, -0.25) is 24.0 Å². The van der Waals surface area contributed by atoms with Crippen LogP contribution in [0.2, 0.25) is 10.0 Å². The Balaban J connectivity index is 1.68. The average Bonchev–Trinajstić information content (AvgIpc) is 3.51. The molecule has 39 heavy (non-hydrogen) atoms. The first-order chi connectivity index (χ1) is 18.2. The topological polar surface area (TPSA) is 105 Å². The monoisotopic (exact) mass is 588 g/mol. The molecule has 0 aliphatic heterocycles. The normalized spacial score (nSPS) is 25.0. The molecule has 2 saturated carbocycles. The quantitative estimate of drug-likeness (QED) is 0.369. The van der Waals surface area contributed by atoms with Crippen LogP contribution >= 0.6 is 23.2 Å². The lowest BCUT2D eigenvalue weighted by Crippen LogP contribution is -2.40. The Labute approximate surface area is 233 Å². The largest absolute Gasteiger partial charge is 0.481 e. The number of amides is 1. The molecule has 2 aromatic heterocycles. The highest BCUT2D eigenvalue weighted by atomic mass is 35.5. The number of Topliss-reactive ketones (excluding diaryl/α,β-unsaturated/α-hetero) is 1. The first-order valence-electron chi connectivity index (χ1n) is 12.7. The number of pyridine rings is 1. The van der Waals surface area contributed by atoms with Crippen molar-refractivity contribution >= 4 is 40.9 Å². The number of carboxylic acids is 1. The highest BCUT2D eigenvalue weighted by molar-refractivity contribution is 6.39. The molecule has 2 aromatic rings. The van der Waals surface area contributed by atoms with Crippen LogP contribution < -0.4 is 0 Å². The van der Waals surface area contributed by atoms with Gasteiger partial charge in [0.15, 0.2) is 11.5 Å². The molecule has 212 valence electrons. The van der Waals surface area contributed by atoms with Crippen molar-refractivity contribution in [2.45, 2.75) is 71.1 Å². The van der Waals surface area contributed by atoms with Crippen molar-refractivity contribution in [3.8, 4) is 0 Å². The van der Waals surface area contributed by atoms with Crippen molar-refractivity contribution < 1.29 is 32.7 Å². The van der Waals surface area contributed by atoms with Gasteiger partial charge in [-0.1, -0.05) is 37.0 Å². The summed E-state index contributed by atoms with van der Waals surface area (Å²) in [5.41, 5.74) is -2.92. The van der Waals surface area contributed by atoms with E-state index in [9.17, 15) is 32.7 Å². The second-order valence-electron chi connectivity index (χ2n) is 11.0. The van der Waals surface area contributed by atoms with E-state index in [1.54, 1.807) is 6.92 Å². The van der Waals surface area contributed by atoms with Gasteiger partial charge in [-0.15, -0.1) is 0 Å². The van der Waals surface area contributed by atoms with Crippen molar-refractivity contribution in [3.05, 3.63) is 45.5 Å². The van der Waals surface area contributed by atoms with Crippen molar-refractivity contribution in [2.75, 3.05) is 6.54 Å². The van der Waals surface area contributed by atoms with Crippen LogP contribution in [0.4, 0.5) is 13.2 Å². The van der Waals surface area contributed by atoms with E-state index in [1.807, 2.05) is 13.8 Å². The molecule has 0 aromatic carbocycles. The van der Waals surface area contributed by atoms with Gasteiger partial charge in [0.1, 0.15) is 0 Å². The number of halogens is 5. The summed E-state index contributed by atoms with van der Waals surface area (Å²) in [7, 11) is 0. The van der Waals surface area contributed by atoms with Gasteiger partial charge in [0.2, 0.25) is 0 Å². The lowest BCUT2D eigenvalue weighted by molar-refractivity contribution is -0.152. The Morgan fingerprint density at radius 3 is 2.23 bits per heavy atom. The van der Waals surface area contributed by atoms with Gasteiger partial charge < -0.3 is 10.0 Å². The lowest BCUT2D eigenvalue weighted by atomic mass is 9.74. The molecule has 2 aliphatic carbocycles. The fraction of sp³-hybridized carbons (Fsp3) is 0.577. The fourth-order valence-corrected chi connectivity index (χ4v) is 6.03. The van der Waals surface area contributed by atoms with Crippen LogP contribution in [0.1, 0.15) is 85.3 Å². The third kappa shape index (κ3) is 5.79. The smallest absolute Gasteiger partial charge is 0.433 e. The molecule has 4 rings (SSSR count). The summed E-state index contributed by atoms with van der Waals surface area (Å²) >= 11 is 12.2. The van der Waals surface area contributed by atoms with Crippen molar-refractivity contribution in [1.29, 1.82) is 0 Å². The van der Waals surface area contributed by atoms with Crippen molar-refractivity contribution in [2.24, 2.45) is 17.3 Å². The maximum absolute atomic E-state index is 14.4. The number of aromatic nitrogens is 3. The van der Waals surface area contributed by atoms with E-state index in [0.29, 0.717) is 6.42 Å². The van der Waals surface area contributed by atoms with Crippen LogP contribution in [-0.2, 0) is 11.0 Å². The molecule has 8 nitrogen and oxygen atoms in total. The fourth-order valence-electron chi connectivity index (χ4n) is 5.46. The second kappa shape index (κ2) is 10.7. The van der Waals surface area contributed by atoms with E-state index in [-0.39, 0.29) is 53.1 Å². The maximum Gasteiger partial charge on any atom is 0.433 e. The van der Waals surface area contributed by atoms with Gasteiger partial charge in [-0.2, -0.15) is 18.3 Å². The number of carbonyl (C=O) groups excluding carboxylic acids is 2. The van der Waals surface area contributed by atoms with E-state index in [1.165, 1.54) is 17.3 Å². The number of nitrogens with zero attached hydrogens (tertiary/aromatic N) is 4. The Bertz CT molecular complexity index is 1270. The number of carboxylic acid groups (broad SMARTS) is 1. The number of rotatable bonds is 8. The zero-order valence-electron chi connectivity index (χ0n) is 21.6. The lowest BCUT2D eigenvalue weighted by Gasteiger charge is -2.34. The summed E-state index contributed by atoms with van der Waals surface area (Å²) in [6.45, 7) is 4.95. The molecule has 2 atom stereocenters. The van der Waals surface area contributed by atoms with Crippen LogP contribution in [0.25, 0.3) is 0 Å². The number of aliphatic carboxylic acids is 1. The highest BCUT2D eigenvalue weighted by Gasteiger charge is 2.49. The average molecular weight is 589 g/mol. The number of hydrogen-bond donors (Lipinski definition) is 1. The molecule has 0 radical (unpaired) electrons. The summed E-state index contributed by atoms with van der Waals surface area (Å²) in [5.74, 6) is -2.41. The number of hydrogen-bond acceptors (Lipinski definition) is 5. The standard InChI is InChI=1S/C26H29Cl2F3N4O4/c1-13(2)15-8-19(15)34(12-20(36)21-17(27)10-32-11-18(21)28)23(37)16-9-33-35(22(16)26(29,30)31)14-4-6-25(3,7-5-14)24(38)39/h9-11,13-15,19H,4-8,12H2,1-3H3,(H,38,39)/t14-,15-,19-,25-/m0/s1. The molecule has 0 bridgehead atoms. The molecular formula is C26H29Cl2F3N4O4.